The number of nitrogens with one attached hydrogen (secondary N) is 1. The molecule has 0 radical (unpaired) electrons. The Morgan fingerprint density at radius 2 is 1.75 bits per heavy atom. The zero-order valence-electron chi connectivity index (χ0n) is 14.8. The Kier molecular flexibility index (Phi) is 5.55. The first-order valence-corrected chi connectivity index (χ1v) is 10.0. The van der Waals surface area contributed by atoms with Crippen LogP contribution in [0.1, 0.15) is 0 Å². The van der Waals surface area contributed by atoms with Gasteiger partial charge in [-0.25, -0.2) is 0 Å². The lowest BCUT2D eigenvalue weighted by molar-refractivity contribution is -0.113. The number of hydrogen-bond donors (Lipinski definition) is 1. The molecule has 1 aromatic heterocycles. The average Bonchev–Trinajstić information content (AvgIpc) is 2.72. The summed E-state index contributed by atoms with van der Waals surface area (Å²) in [4.78, 5) is 12.1. The van der Waals surface area contributed by atoms with E-state index in [2.05, 4.69) is 39.8 Å². The van der Waals surface area contributed by atoms with Crippen LogP contribution >= 0.6 is 23.4 Å². The van der Waals surface area contributed by atoms with Gasteiger partial charge in [-0.3, -0.25) is 4.79 Å². The molecule has 0 saturated carbocycles. The first kappa shape index (κ1) is 18.5. The van der Waals surface area contributed by atoms with Crippen LogP contribution in [-0.2, 0) is 4.79 Å². The topological polar surface area (TPSA) is 54.9 Å². The number of fused-ring (bicyclic) bond motifs is 1. The minimum atomic E-state index is -0.118. The lowest BCUT2D eigenvalue weighted by Crippen LogP contribution is -2.14. The second-order valence-corrected chi connectivity index (χ2v) is 7.60. The van der Waals surface area contributed by atoms with Gasteiger partial charge >= 0.3 is 0 Å². The number of aromatic nitrogens is 2. The highest BCUT2D eigenvalue weighted by atomic mass is 35.5. The van der Waals surface area contributed by atoms with Crippen molar-refractivity contribution >= 4 is 45.7 Å². The largest absolute Gasteiger partial charge is 0.325 e. The quantitative estimate of drug-likeness (QED) is 0.434. The van der Waals surface area contributed by atoms with Gasteiger partial charge in [0.05, 0.1) is 11.4 Å². The number of thioether (sulfide) groups is 1. The van der Waals surface area contributed by atoms with Crippen molar-refractivity contribution in [1.29, 1.82) is 0 Å². The van der Waals surface area contributed by atoms with Gasteiger partial charge in [-0.2, -0.15) is 0 Å². The van der Waals surface area contributed by atoms with Crippen molar-refractivity contribution in [2.45, 2.75) is 5.03 Å². The molecular weight excluding hydrogens is 390 g/mol. The Bertz CT molecular complexity index is 1130. The van der Waals surface area contributed by atoms with E-state index in [0.29, 0.717) is 15.7 Å². The van der Waals surface area contributed by atoms with Crippen molar-refractivity contribution in [3.63, 3.8) is 0 Å². The molecule has 0 unspecified atom stereocenters. The number of carbonyl (C=O) groups is 1. The Morgan fingerprint density at radius 1 is 0.893 bits per heavy atom. The Balaban J connectivity index is 1.39. The number of halogens is 1. The van der Waals surface area contributed by atoms with Crippen LogP contribution in [0, 0.1) is 0 Å². The maximum absolute atomic E-state index is 12.1. The molecule has 4 rings (SSSR count). The van der Waals surface area contributed by atoms with Crippen LogP contribution in [0.15, 0.2) is 83.9 Å². The summed E-state index contributed by atoms with van der Waals surface area (Å²) < 4.78 is 0. The second kappa shape index (κ2) is 8.42. The Morgan fingerprint density at radius 3 is 2.54 bits per heavy atom. The summed E-state index contributed by atoms with van der Waals surface area (Å²) in [5.74, 6) is 0.129. The first-order chi connectivity index (χ1) is 13.7. The SMILES string of the molecule is O=C(CSc1ccc(-c2ccc3ccccc3c2)nn1)Nc1cccc(Cl)c1. The average molecular weight is 406 g/mol. The maximum atomic E-state index is 12.1. The van der Waals surface area contributed by atoms with Crippen LogP contribution in [0.2, 0.25) is 5.02 Å². The molecule has 0 spiro atoms. The molecule has 1 amide bonds. The molecule has 4 nitrogen and oxygen atoms in total. The van der Waals surface area contributed by atoms with Crippen molar-refractivity contribution in [3.05, 3.63) is 83.9 Å². The van der Waals surface area contributed by atoms with Gasteiger partial charge in [-0.1, -0.05) is 65.8 Å². The minimum Gasteiger partial charge on any atom is -0.325 e. The summed E-state index contributed by atoms with van der Waals surface area (Å²) >= 11 is 7.26. The fraction of sp³-hybridized carbons (Fsp3) is 0.0455. The van der Waals surface area contributed by atoms with E-state index in [1.165, 1.54) is 17.1 Å². The van der Waals surface area contributed by atoms with E-state index < -0.39 is 0 Å². The third-order valence-electron chi connectivity index (χ3n) is 4.14. The molecule has 0 aliphatic rings. The van der Waals surface area contributed by atoms with Crippen molar-refractivity contribution < 1.29 is 4.79 Å². The molecule has 3 aromatic carbocycles. The predicted molar refractivity (Wildman–Crippen MR) is 116 cm³/mol. The molecule has 4 aromatic rings. The van der Waals surface area contributed by atoms with Gasteiger partial charge in [0.25, 0.3) is 0 Å². The van der Waals surface area contributed by atoms with Gasteiger partial charge < -0.3 is 5.32 Å². The van der Waals surface area contributed by atoms with Crippen LogP contribution in [0.25, 0.3) is 22.0 Å². The van der Waals surface area contributed by atoms with E-state index in [1.54, 1.807) is 24.3 Å². The molecule has 0 fully saturated rings. The number of benzene rings is 3. The van der Waals surface area contributed by atoms with E-state index in [-0.39, 0.29) is 11.7 Å². The van der Waals surface area contributed by atoms with Gasteiger partial charge in [0, 0.05) is 16.3 Å². The smallest absolute Gasteiger partial charge is 0.234 e. The lowest BCUT2D eigenvalue weighted by atomic mass is 10.1. The Hall–Kier alpha value is -2.89. The van der Waals surface area contributed by atoms with Gasteiger partial charge in [0.1, 0.15) is 5.03 Å². The third-order valence-corrected chi connectivity index (χ3v) is 5.30. The number of anilines is 1. The molecule has 0 bridgehead atoms. The third kappa shape index (κ3) is 4.50. The number of rotatable bonds is 5. The van der Waals surface area contributed by atoms with Crippen LogP contribution in [0.4, 0.5) is 5.69 Å². The fourth-order valence-electron chi connectivity index (χ4n) is 2.80. The number of carbonyl (C=O) groups excluding carboxylic acids is 1. The van der Waals surface area contributed by atoms with E-state index >= 15 is 0 Å². The van der Waals surface area contributed by atoms with Crippen LogP contribution in [-0.4, -0.2) is 21.9 Å². The highest BCUT2D eigenvalue weighted by Crippen LogP contribution is 2.24. The van der Waals surface area contributed by atoms with E-state index in [9.17, 15) is 4.79 Å². The first-order valence-electron chi connectivity index (χ1n) is 8.68. The summed E-state index contributed by atoms with van der Waals surface area (Å²) in [5, 5.41) is 15.0. The molecule has 0 saturated heterocycles. The molecular formula is C22H16ClN3OS. The van der Waals surface area contributed by atoms with E-state index in [4.69, 9.17) is 11.6 Å². The number of amides is 1. The molecule has 0 atom stereocenters. The maximum Gasteiger partial charge on any atom is 0.234 e. The highest BCUT2D eigenvalue weighted by molar-refractivity contribution is 7.99. The van der Waals surface area contributed by atoms with E-state index in [1.807, 2.05) is 30.3 Å². The van der Waals surface area contributed by atoms with Crippen LogP contribution in [0.5, 0.6) is 0 Å². The minimum absolute atomic E-state index is 0.118. The molecule has 6 heteroatoms. The van der Waals surface area contributed by atoms with Crippen molar-refractivity contribution in [2.75, 3.05) is 11.1 Å². The summed E-state index contributed by atoms with van der Waals surface area (Å²) in [6.07, 6.45) is 0. The zero-order chi connectivity index (χ0) is 19.3. The van der Waals surface area contributed by atoms with Gasteiger partial charge in [-0.15, -0.1) is 10.2 Å². The fourth-order valence-corrected chi connectivity index (χ4v) is 3.61. The number of hydrogen-bond acceptors (Lipinski definition) is 4. The molecule has 28 heavy (non-hydrogen) atoms. The molecule has 1 heterocycles. The molecule has 0 aliphatic carbocycles. The molecule has 0 aliphatic heterocycles. The molecule has 138 valence electrons. The van der Waals surface area contributed by atoms with Gasteiger partial charge in [0.15, 0.2) is 0 Å². The van der Waals surface area contributed by atoms with Crippen LogP contribution in [0.3, 0.4) is 0 Å². The second-order valence-electron chi connectivity index (χ2n) is 6.17. The normalized spacial score (nSPS) is 10.8. The van der Waals surface area contributed by atoms with E-state index in [0.717, 1.165) is 16.6 Å². The van der Waals surface area contributed by atoms with Gasteiger partial charge in [0.2, 0.25) is 5.91 Å². The highest BCUT2D eigenvalue weighted by Gasteiger charge is 2.07. The predicted octanol–water partition coefficient (Wildman–Crippen LogP) is 5.68. The lowest BCUT2D eigenvalue weighted by Gasteiger charge is -2.06. The van der Waals surface area contributed by atoms with Crippen molar-refractivity contribution in [2.24, 2.45) is 0 Å². The molecule has 1 N–H and O–H groups in total. The van der Waals surface area contributed by atoms with Crippen molar-refractivity contribution in [1.82, 2.24) is 10.2 Å². The van der Waals surface area contributed by atoms with Crippen LogP contribution < -0.4 is 5.32 Å². The summed E-state index contributed by atoms with van der Waals surface area (Å²) in [7, 11) is 0. The van der Waals surface area contributed by atoms with Gasteiger partial charge in [-0.05, 0) is 47.2 Å². The van der Waals surface area contributed by atoms with Crippen molar-refractivity contribution in [3.8, 4) is 11.3 Å². The summed E-state index contributed by atoms with van der Waals surface area (Å²) in [5.41, 5.74) is 2.50. The standard InChI is InChI=1S/C22H16ClN3OS/c23-18-6-3-7-19(13-18)24-21(27)14-28-22-11-10-20(25-26-22)17-9-8-15-4-1-2-5-16(15)12-17/h1-13H,14H2,(H,24,27). The number of nitrogens with zero attached hydrogens (tertiary/aromatic N) is 2. The monoisotopic (exact) mass is 405 g/mol. The Labute approximate surface area is 172 Å². The summed E-state index contributed by atoms with van der Waals surface area (Å²) in [6, 6.07) is 25.3. The zero-order valence-corrected chi connectivity index (χ0v) is 16.4. The summed E-state index contributed by atoms with van der Waals surface area (Å²) in [6.45, 7) is 0.